The summed E-state index contributed by atoms with van der Waals surface area (Å²) in [5, 5.41) is 2.39. The second kappa shape index (κ2) is 17.0. The molecule has 0 bridgehead atoms. The SMILES string of the molecule is ClCCl.F[P-](F)(F)(F)(F)F.Fc1ccc(N=C2C(=Nc3ccc(F)cc3)c3cccc4cccc2c34)cc1.[Pt+2].[c-]1ccccc1-c1ccccn1. The fourth-order valence-corrected chi connectivity index (χ4v) is 4.58. The Morgan fingerprint density at radius 1 is 0.588 bits per heavy atom. The number of aliphatic imine (C=N–C) groups is 2. The molecule has 1 heterocycles. The Labute approximate surface area is 312 Å². The van der Waals surface area contributed by atoms with Gasteiger partial charge in [-0.15, -0.1) is 59.1 Å². The predicted molar refractivity (Wildman–Crippen MR) is 188 cm³/mol. The van der Waals surface area contributed by atoms with Gasteiger partial charge in [0.05, 0.1) is 28.1 Å². The topological polar surface area (TPSA) is 37.6 Å². The molecule has 3 nitrogen and oxygen atoms in total. The summed E-state index contributed by atoms with van der Waals surface area (Å²) < 4.78 is 85.8. The van der Waals surface area contributed by atoms with E-state index in [2.05, 4.69) is 23.2 Å². The Balaban J connectivity index is 0.000000252. The first-order chi connectivity index (χ1) is 23.5. The second-order valence-electron chi connectivity index (χ2n) is 10.1. The number of hydrogen-bond donors (Lipinski definition) is 0. The van der Waals surface area contributed by atoms with Crippen molar-refractivity contribution >= 4 is 64.6 Å². The third kappa shape index (κ3) is 13.9. The molecule has 268 valence electrons. The number of halogens is 10. The molecule has 5 aromatic carbocycles. The van der Waals surface area contributed by atoms with Crippen LogP contribution < -0.4 is 0 Å². The maximum Gasteiger partial charge on any atom is 2.00 e. The first-order valence-corrected chi connectivity index (χ1v) is 17.4. The van der Waals surface area contributed by atoms with Gasteiger partial charge < -0.3 is 4.98 Å². The molecule has 51 heavy (non-hydrogen) atoms. The number of rotatable bonds is 3. The molecule has 15 heteroatoms. The van der Waals surface area contributed by atoms with E-state index < -0.39 is 7.81 Å². The summed E-state index contributed by atoms with van der Waals surface area (Å²) in [4.78, 5) is 13.8. The molecule has 0 amide bonds. The van der Waals surface area contributed by atoms with E-state index in [-0.39, 0.29) is 38.0 Å². The number of benzene rings is 5. The molecule has 0 spiro atoms. The summed E-state index contributed by atoms with van der Waals surface area (Å²) in [5.74, 6) is -0.609. The number of alkyl halides is 2. The van der Waals surface area contributed by atoms with Crippen molar-refractivity contribution < 1.29 is 55.0 Å². The minimum Gasteiger partial charge on any atom is -0.305 e. The Kier molecular flexibility index (Phi) is 13.8. The van der Waals surface area contributed by atoms with Crippen LogP contribution in [0.4, 0.5) is 45.3 Å². The Morgan fingerprint density at radius 3 is 1.43 bits per heavy atom. The maximum absolute atomic E-state index is 13.3. The molecule has 1 aromatic heterocycles. The Hall–Kier alpha value is -4.01. The molecule has 0 unspecified atom stereocenters. The molecule has 0 saturated carbocycles. The van der Waals surface area contributed by atoms with E-state index in [4.69, 9.17) is 33.2 Å². The van der Waals surface area contributed by atoms with Gasteiger partial charge in [0.1, 0.15) is 11.6 Å². The van der Waals surface area contributed by atoms with Crippen LogP contribution >= 0.6 is 31.0 Å². The third-order valence-electron chi connectivity index (χ3n) is 6.42. The molecular weight excluding hydrogens is 923 g/mol. The van der Waals surface area contributed by atoms with Crippen LogP contribution in [-0.2, 0) is 21.1 Å². The molecule has 0 aliphatic heterocycles. The summed E-state index contributed by atoms with van der Waals surface area (Å²) in [6.07, 6.45) is 1.79. The van der Waals surface area contributed by atoms with Gasteiger partial charge in [-0.25, -0.2) is 18.8 Å². The van der Waals surface area contributed by atoms with Gasteiger partial charge in [-0.1, -0.05) is 48.5 Å². The summed E-state index contributed by atoms with van der Waals surface area (Å²) in [6, 6.07) is 41.0. The number of hydrogen-bond acceptors (Lipinski definition) is 3. The zero-order chi connectivity index (χ0) is 36.4. The standard InChI is InChI=1S/C24H14F2N2.C11H8N.CH2Cl2.F6P.Pt/c25-16-7-11-18(12-8-16)27-23-20-5-1-3-15-4-2-6-21(22(15)20)24(23)28-19-13-9-17(26)10-14-19;1-2-6-10(7-3-1)11-8-4-5-9-12-11;2-1-3;1-7(2,3,4,5)6;/h1-14H;1-6,8-9H;1H2;;/q;-1;;-1;+2. The Morgan fingerprint density at radius 2 is 1.04 bits per heavy atom. The van der Waals surface area contributed by atoms with Crippen molar-refractivity contribution in [3.8, 4) is 11.3 Å². The maximum atomic E-state index is 13.3. The average Bonchev–Trinajstić information content (AvgIpc) is 3.36. The van der Waals surface area contributed by atoms with Crippen LogP contribution in [0.3, 0.4) is 0 Å². The van der Waals surface area contributed by atoms with Crippen molar-refractivity contribution in [2.75, 3.05) is 5.34 Å². The molecule has 0 radical (unpaired) electrons. The zero-order valence-corrected chi connectivity index (χ0v) is 30.5. The first kappa shape index (κ1) is 41.4. The molecule has 0 atom stereocenters. The fourth-order valence-electron chi connectivity index (χ4n) is 4.58. The summed E-state index contributed by atoms with van der Waals surface area (Å²) in [5.41, 5.74) is 6.72. The van der Waals surface area contributed by atoms with E-state index in [1.165, 1.54) is 24.3 Å². The van der Waals surface area contributed by atoms with E-state index in [0.717, 1.165) is 44.6 Å². The van der Waals surface area contributed by atoms with E-state index in [9.17, 15) is 34.0 Å². The van der Waals surface area contributed by atoms with Crippen LogP contribution in [0.5, 0.6) is 0 Å². The van der Waals surface area contributed by atoms with Gasteiger partial charge in [0.15, 0.2) is 0 Å². The van der Waals surface area contributed by atoms with Gasteiger partial charge in [-0.3, -0.25) is 0 Å². The van der Waals surface area contributed by atoms with Crippen molar-refractivity contribution in [1.82, 2.24) is 4.98 Å². The third-order valence-corrected chi connectivity index (χ3v) is 6.42. The molecule has 0 fully saturated rings. The van der Waals surface area contributed by atoms with Crippen LogP contribution in [0.15, 0.2) is 144 Å². The van der Waals surface area contributed by atoms with E-state index >= 15 is 0 Å². The van der Waals surface area contributed by atoms with E-state index in [0.29, 0.717) is 11.4 Å². The summed E-state index contributed by atoms with van der Waals surface area (Å²) in [6.45, 7) is 0. The zero-order valence-electron chi connectivity index (χ0n) is 25.8. The minimum absolute atomic E-state index is 0. The van der Waals surface area contributed by atoms with Crippen LogP contribution in [0.25, 0.3) is 22.0 Å². The van der Waals surface area contributed by atoms with Gasteiger partial charge in [0, 0.05) is 22.7 Å². The normalized spacial score (nSPS) is 14.4. The van der Waals surface area contributed by atoms with Gasteiger partial charge in [-0.2, -0.15) is 0 Å². The van der Waals surface area contributed by atoms with Gasteiger partial charge in [0.2, 0.25) is 0 Å². The van der Waals surface area contributed by atoms with Crippen molar-refractivity contribution in [2.24, 2.45) is 9.98 Å². The van der Waals surface area contributed by atoms with Gasteiger partial charge >= 0.3 is 54.1 Å². The van der Waals surface area contributed by atoms with Crippen molar-refractivity contribution in [3.63, 3.8) is 0 Å². The summed E-state index contributed by atoms with van der Waals surface area (Å²) >= 11 is 9.53. The molecule has 6 aromatic rings. The van der Waals surface area contributed by atoms with E-state index in [1.54, 1.807) is 30.5 Å². The quantitative estimate of drug-likeness (QED) is 0.0754. The monoisotopic (exact) mass is 946 g/mol. The molecule has 7 rings (SSSR count). The molecule has 1 aliphatic carbocycles. The minimum atomic E-state index is -10.7. The average molecular weight is 948 g/mol. The van der Waals surface area contributed by atoms with Crippen molar-refractivity contribution in [3.05, 3.63) is 162 Å². The van der Waals surface area contributed by atoms with Crippen LogP contribution in [0.1, 0.15) is 11.1 Å². The molecule has 0 saturated heterocycles. The van der Waals surface area contributed by atoms with Crippen LogP contribution in [-0.4, -0.2) is 21.7 Å². The number of pyridine rings is 1. The first-order valence-electron chi connectivity index (χ1n) is 14.3. The van der Waals surface area contributed by atoms with Crippen LogP contribution in [0, 0.1) is 17.7 Å². The fraction of sp³-hybridized carbons (Fsp3) is 0.0278. The molecular formula is C36H24Cl2F8N3PPt. The molecule has 0 N–H and O–H groups in total. The number of nitrogens with zero attached hydrogens (tertiary/aromatic N) is 3. The smallest absolute Gasteiger partial charge is 0.305 e. The van der Waals surface area contributed by atoms with Gasteiger partial charge in [-0.05, 0) is 65.7 Å². The van der Waals surface area contributed by atoms with Gasteiger partial charge in [0.25, 0.3) is 0 Å². The predicted octanol–water partition coefficient (Wildman–Crippen LogP) is 13.7. The van der Waals surface area contributed by atoms with Crippen molar-refractivity contribution in [2.45, 2.75) is 0 Å². The second-order valence-corrected chi connectivity index (χ2v) is 12.9. The van der Waals surface area contributed by atoms with Crippen molar-refractivity contribution in [1.29, 1.82) is 0 Å². The Bertz CT molecular complexity index is 1960. The van der Waals surface area contributed by atoms with E-state index in [1.807, 2.05) is 66.7 Å². The van der Waals surface area contributed by atoms with Crippen LogP contribution in [0.2, 0.25) is 0 Å². The molecule has 1 aliphatic rings. The largest absolute Gasteiger partial charge is 2.00 e. The number of aromatic nitrogens is 1. The summed E-state index contributed by atoms with van der Waals surface area (Å²) in [7, 11) is -10.7.